The van der Waals surface area contributed by atoms with Gasteiger partial charge in [-0.15, -0.1) is 0 Å². The summed E-state index contributed by atoms with van der Waals surface area (Å²) in [5, 5.41) is 0.358. The molecule has 0 bridgehead atoms. The molecular weight excluding hydrogens is 292 g/mol. The van der Waals surface area contributed by atoms with Crippen LogP contribution in [-0.4, -0.2) is 10.3 Å². The third kappa shape index (κ3) is 2.23. The predicted octanol–water partition coefficient (Wildman–Crippen LogP) is 2.71. The van der Waals surface area contributed by atoms with Crippen LogP contribution in [0.5, 0.6) is 5.75 Å². The minimum absolute atomic E-state index is 0.292. The number of anilines is 1. The fraction of sp³-hybridized carbons (Fsp3) is 0. The first kappa shape index (κ1) is 11.1. The number of esters is 1. The van der Waals surface area contributed by atoms with E-state index in [0.717, 1.165) is 11.5 Å². The summed E-state index contributed by atoms with van der Waals surface area (Å²) < 4.78 is 9.70. The largest absolute Gasteiger partial charge is 0.422 e. The van der Waals surface area contributed by atoms with Crippen LogP contribution in [0, 0.1) is 0 Å². The van der Waals surface area contributed by atoms with Crippen molar-refractivity contribution >= 4 is 38.4 Å². The highest BCUT2D eigenvalue weighted by molar-refractivity contribution is 9.10. The molecule has 0 unspecified atom stereocenters. The first-order chi connectivity index (χ1) is 7.68. The molecule has 2 N–H and O–H groups in total. The van der Waals surface area contributed by atoms with E-state index in [2.05, 4.69) is 20.3 Å². The van der Waals surface area contributed by atoms with Crippen LogP contribution >= 0.6 is 27.5 Å². The molecule has 1 heterocycles. The van der Waals surface area contributed by atoms with Crippen LogP contribution in [0.3, 0.4) is 0 Å². The van der Waals surface area contributed by atoms with E-state index in [9.17, 15) is 4.79 Å². The van der Waals surface area contributed by atoms with E-state index in [4.69, 9.17) is 10.5 Å². The molecule has 4 nitrogen and oxygen atoms in total. The highest BCUT2D eigenvalue weighted by Gasteiger charge is 2.15. The summed E-state index contributed by atoms with van der Waals surface area (Å²) in [5.41, 5.74) is 5.87. The summed E-state index contributed by atoms with van der Waals surface area (Å²) in [4.78, 5) is 11.7. The number of hydrogen-bond donors (Lipinski definition) is 1. The lowest BCUT2D eigenvalue weighted by atomic mass is 10.3. The van der Waals surface area contributed by atoms with Crippen molar-refractivity contribution in [3.8, 4) is 5.75 Å². The van der Waals surface area contributed by atoms with Crippen LogP contribution < -0.4 is 10.5 Å². The van der Waals surface area contributed by atoms with E-state index in [0.29, 0.717) is 20.8 Å². The smallest absolute Gasteiger partial charge is 0.348 e. The number of hydrogen-bond acceptors (Lipinski definition) is 5. The first-order valence-electron chi connectivity index (χ1n) is 4.35. The fourth-order valence-electron chi connectivity index (χ4n) is 1.08. The van der Waals surface area contributed by atoms with E-state index >= 15 is 0 Å². The number of ether oxygens (including phenoxy) is 1. The second-order valence-corrected chi connectivity index (χ2v) is 4.61. The molecule has 0 aliphatic carbocycles. The molecule has 0 radical (unpaired) electrons. The van der Waals surface area contributed by atoms with Crippen molar-refractivity contribution in [2.24, 2.45) is 0 Å². The Hall–Kier alpha value is -1.40. The lowest BCUT2D eigenvalue weighted by molar-refractivity contribution is 0.0735. The molecule has 0 aliphatic heterocycles. The Morgan fingerprint density at radius 2 is 2.19 bits per heavy atom. The molecular formula is C10H7BrN2O2S. The van der Waals surface area contributed by atoms with Gasteiger partial charge in [0.2, 0.25) is 0 Å². The monoisotopic (exact) mass is 298 g/mol. The minimum atomic E-state index is -0.502. The van der Waals surface area contributed by atoms with Gasteiger partial charge in [0.15, 0.2) is 0 Å². The maximum atomic E-state index is 11.7. The molecule has 1 aromatic carbocycles. The SMILES string of the molecule is Nc1sncc1C(=O)Oc1ccccc1Br. The van der Waals surface area contributed by atoms with Gasteiger partial charge in [-0.3, -0.25) is 0 Å². The maximum Gasteiger partial charge on any atom is 0.348 e. The summed E-state index contributed by atoms with van der Waals surface area (Å²) >= 11 is 4.35. The number of rotatable bonds is 2. The van der Waals surface area contributed by atoms with Gasteiger partial charge in [0.1, 0.15) is 16.3 Å². The summed E-state index contributed by atoms with van der Waals surface area (Å²) in [6.45, 7) is 0. The van der Waals surface area contributed by atoms with Crippen molar-refractivity contribution in [2.75, 3.05) is 5.73 Å². The highest BCUT2D eigenvalue weighted by atomic mass is 79.9. The van der Waals surface area contributed by atoms with E-state index in [1.165, 1.54) is 6.20 Å². The molecule has 1 aromatic heterocycles. The standard InChI is InChI=1S/C10H7BrN2O2S/c11-7-3-1-2-4-8(7)15-10(14)6-5-13-16-9(6)12/h1-5H,12H2. The number of halogens is 1. The second-order valence-electron chi connectivity index (χ2n) is 2.92. The van der Waals surface area contributed by atoms with Gasteiger partial charge in [0, 0.05) is 0 Å². The number of nitrogen functional groups attached to an aromatic ring is 1. The number of nitrogens with two attached hydrogens (primary N) is 1. The lowest BCUT2D eigenvalue weighted by Gasteiger charge is -2.04. The van der Waals surface area contributed by atoms with E-state index in [-0.39, 0.29) is 0 Å². The van der Waals surface area contributed by atoms with Crippen molar-refractivity contribution in [1.29, 1.82) is 0 Å². The van der Waals surface area contributed by atoms with Crippen molar-refractivity contribution in [3.05, 3.63) is 40.5 Å². The molecule has 0 atom stereocenters. The lowest BCUT2D eigenvalue weighted by Crippen LogP contribution is -2.09. The van der Waals surface area contributed by atoms with Crippen LogP contribution in [0.15, 0.2) is 34.9 Å². The number of para-hydroxylation sites is 1. The summed E-state index contributed by atoms with van der Waals surface area (Å²) in [7, 11) is 0. The summed E-state index contributed by atoms with van der Waals surface area (Å²) in [5.74, 6) is -0.0451. The van der Waals surface area contributed by atoms with Gasteiger partial charge >= 0.3 is 5.97 Å². The Balaban J connectivity index is 2.21. The Labute approximate surface area is 104 Å². The van der Waals surface area contributed by atoms with Gasteiger partial charge in [0.05, 0.1) is 10.7 Å². The second kappa shape index (κ2) is 4.63. The van der Waals surface area contributed by atoms with Crippen molar-refractivity contribution < 1.29 is 9.53 Å². The van der Waals surface area contributed by atoms with Crippen molar-refractivity contribution in [3.63, 3.8) is 0 Å². The molecule has 0 saturated carbocycles. The molecule has 0 spiro atoms. The number of benzene rings is 1. The Morgan fingerprint density at radius 3 is 2.81 bits per heavy atom. The third-order valence-electron chi connectivity index (χ3n) is 1.86. The van der Waals surface area contributed by atoms with Gasteiger partial charge in [-0.25, -0.2) is 4.79 Å². The van der Waals surface area contributed by atoms with Crippen LogP contribution in [0.25, 0.3) is 0 Å². The molecule has 16 heavy (non-hydrogen) atoms. The predicted molar refractivity (Wildman–Crippen MR) is 65.6 cm³/mol. The Bertz CT molecular complexity index is 527. The Morgan fingerprint density at radius 1 is 1.44 bits per heavy atom. The molecule has 0 amide bonds. The van der Waals surface area contributed by atoms with Crippen LogP contribution in [-0.2, 0) is 0 Å². The zero-order valence-corrected chi connectivity index (χ0v) is 10.4. The van der Waals surface area contributed by atoms with E-state index in [1.54, 1.807) is 18.2 Å². The van der Waals surface area contributed by atoms with Crippen molar-refractivity contribution in [2.45, 2.75) is 0 Å². The molecule has 82 valence electrons. The van der Waals surface area contributed by atoms with Crippen LogP contribution in [0.2, 0.25) is 0 Å². The Kier molecular flexibility index (Phi) is 3.21. The molecule has 0 saturated heterocycles. The fourth-order valence-corrected chi connectivity index (χ4v) is 1.96. The van der Waals surface area contributed by atoms with Gasteiger partial charge in [-0.05, 0) is 39.6 Å². The number of carbonyl (C=O) groups excluding carboxylic acids is 1. The normalized spacial score (nSPS) is 10.1. The van der Waals surface area contributed by atoms with Crippen molar-refractivity contribution in [1.82, 2.24) is 4.37 Å². The quantitative estimate of drug-likeness (QED) is 0.684. The maximum absolute atomic E-state index is 11.7. The third-order valence-corrected chi connectivity index (χ3v) is 3.14. The van der Waals surface area contributed by atoms with Gasteiger partial charge < -0.3 is 10.5 Å². The minimum Gasteiger partial charge on any atom is -0.422 e. The van der Waals surface area contributed by atoms with Crippen LogP contribution in [0.4, 0.5) is 5.00 Å². The summed E-state index contributed by atoms with van der Waals surface area (Å²) in [6, 6.07) is 7.10. The van der Waals surface area contributed by atoms with E-state index < -0.39 is 5.97 Å². The molecule has 0 fully saturated rings. The highest BCUT2D eigenvalue weighted by Crippen LogP contribution is 2.26. The number of carbonyl (C=O) groups is 1. The van der Waals surface area contributed by atoms with Gasteiger partial charge in [-0.1, -0.05) is 12.1 Å². The van der Waals surface area contributed by atoms with Gasteiger partial charge in [-0.2, -0.15) is 4.37 Å². The molecule has 0 aliphatic rings. The number of nitrogens with zero attached hydrogens (tertiary/aromatic N) is 1. The topological polar surface area (TPSA) is 65.2 Å². The summed E-state index contributed by atoms with van der Waals surface area (Å²) in [6.07, 6.45) is 1.40. The zero-order valence-electron chi connectivity index (χ0n) is 8.01. The molecule has 6 heteroatoms. The average Bonchev–Trinajstić information content (AvgIpc) is 2.68. The van der Waals surface area contributed by atoms with Crippen LogP contribution in [0.1, 0.15) is 10.4 Å². The molecule has 2 aromatic rings. The van der Waals surface area contributed by atoms with E-state index in [1.807, 2.05) is 6.07 Å². The van der Waals surface area contributed by atoms with Gasteiger partial charge in [0.25, 0.3) is 0 Å². The zero-order chi connectivity index (χ0) is 11.5. The average molecular weight is 299 g/mol. The number of aromatic nitrogens is 1. The first-order valence-corrected chi connectivity index (χ1v) is 5.92. The molecule has 2 rings (SSSR count).